The summed E-state index contributed by atoms with van der Waals surface area (Å²) in [5, 5.41) is 2.66. The molecule has 1 aliphatic rings. The summed E-state index contributed by atoms with van der Waals surface area (Å²) in [6.07, 6.45) is 3.48. The topological polar surface area (TPSA) is 26.0 Å². The van der Waals surface area contributed by atoms with E-state index in [9.17, 15) is 0 Å². The lowest BCUT2D eigenvalue weighted by molar-refractivity contribution is 0.573. The van der Waals surface area contributed by atoms with Crippen molar-refractivity contribution in [3.63, 3.8) is 0 Å². The van der Waals surface area contributed by atoms with Gasteiger partial charge in [0.05, 0.1) is 0 Å². The number of rotatable bonds is 0. The molecule has 1 aliphatic carbocycles. The van der Waals surface area contributed by atoms with Crippen LogP contribution in [0.2, 0.25) is 0 Å². The third-order valence-electron chi connectivity index (χ3n) is 3.48. The molecule has 2 aromatic rings. The van der Waals surface area contributed by atoms with Crippen molar-refractivity contribution in [2.24, 2.45) is 5.73 Å². The predicted molar refractivity (Wildman–Crippen MR) is 71.5 cm³/mol. The molecule has 16 heavy (non-hydrogen) atoms. The maximum absolute atomic E-state index is 6.19. The Morgan fingerprint density at radius 3 is 2.75 bits per heavy atom. The van der Waals surface area contributed by atoms with Crippen LogP contribution in [-0.2, 0) is 6.42 Å². The highest BCUT2D eigenvalue weighted by Crippen LogP contribution is 2.37. The van der Waals surface area contributed by atoms with E-state index in [-0.39, 0.29) is 6.04 Å². The predicted octanol–water partition coefficient (Wildman–Crippen LogP) is 3.94. The molecule has 1 nitrogen and oxygen atoms in total. The number of benzene rings is 2. The number of hydrogen-bond donors (Lipinski definition) is 1. The van der Waals surface area contributed by atoms with E-state index in [4.69, 9.17) is 5.73 Å². The summed E-state index contributed by atoms with van der Waals surface area (Å²) < 4.78 is 1.17. The van der Waals surface area contributed by atoms with Crippen molar-refractivity contribution >= 4 is 26.7 Å². The smallest absolute Gasteiger partial charge is 0.0298 e. The second-order valence-corrected chi connectivity index (χ2v) is 5.32. The minimum absolute atomic E-state index is 0.213. The molecule has 0 saturated carbocycles. The Labute approximate surface area is 104 Å². The summed E-state index contributed by atoms with van der Waals surface area (Å²) in [4.78, 5) is 0. The van der Waals surface area contributed by atoms with Crippen molar-refractivity contribution in [3.8, 4) is 0 Å². The molecule has 3 rings (SSSR count). The quantitative estimate of drug-likeness (QED) is 0.775. The molecule has 0 amide bonds. The summed E-state index contributed by atoms with van der Waals surface area (Å²) >= 11 is 3.65. The van der Waals surface area contributed by atoms with Crippen molar-refractivity contribution in [2.45, 2.75) is 25.3 Å². The van der Waals surface area contributed by atoms with Gasteiger partial charge in [0.25, 0.3) is 0 Å². The van der Waals surface area contributed by atoms with Gasteiger partial charge in [-0.2, -0.15) is 0 Å². The van der Waals surface area contributed by atoms with Crippen molar-refractivity contribution < 1.29 is 0 Å². The molecule has 2 heteroatoms. The fourth-order valence-corrected chi connectivity index (χ4v) is 3.27. The highest BCUT2D eigenvalue weighted by Gasteiger charge is 2.19. The SMILES string of the molecule is N[C@@H]1CCCc2c1cc(Br)c1ccccc21. The molecule has 0 spiro atoms. The average Bonchev–Trinajstić information content (AvgIpc) is 2.31. The zero-order chi connectivity index (χ0) is 11.1. The Balaban J connectivity index is 2.38. The Morgan fingerprint density at radius 2 is 1.94 bits per heavy atom. The van der Waals surface area contributed by atoms with Crippen molar-refractivity contribution in [3.05, 3.63) is 45.9 Å². The molecular formula is C14H14BrN. The summed E-state index contributed by atoms with van der Waals surface area (Å²) in [7, 11) is 0. The van der Waals surface area contributed by atoms with Gasteiger partial charge in [0.15, 0.2) is 0 Å². The first kappa shape index (κ1) is 10.3. The highest BCUT2D eigenvalue weighted by molar-refractivity contribution is 9.10. The fraction of sp³-hybridized carbons (Fsp3) is 0.286. The molecule has 0 saturated heterocycles. The van der Waals surface area contributed by atoms with E-state index >= 15 is 0 Å². The monoisotopic (exact) mass is 275 g/mol. The van der Waals surface area contributed by atoms with Crippen molar-refractivity contribution in [1.29, 1.82) is 0 Å². The lowest BCUT2D eigenvalue weighted by Gasteiger charge is -2.24. The first-order valence-corrected chi connectivity index (χ1v) is 6.52. The molecule has 2 aromatic carbocycles. The third-order valence-corrected chi connectivity index (χ3v) is 4.14. The van der Waals surface area contributed by atoms with Crippen LogP contribution < -0.4 is 5.73 Å². The highest BCUT2D eigenvalue weighted by atomic mass is 79.9. The zero-order valence-corrected chi connectivity index (χ0v) is 10.6. The molecule has 0 bridgehead atoms. The molecule has 0 fully saturated rings. The normalized spacial score (nSPS) is 19.8. The van der Waals surface area contributed by atoms with Crippen LogP contribution in [0.1, 0.15) is 30.0 Å². The van der Waals surface area contributed by atoms with Crippen LogP contribution in [0.25, 0.3) is 10.8 Å². The van der Waals surface area contributed by atoms with Gasteiger partial charge >= 0.3 is 0 Å². The Hall–Kier alpha value is -0.860. The summed E-state index contributed by atoms with van der Waals surface area (Å²) in [5.41, 5.74) is 8.97. The molecule has 0 heterocycles. The lowest BCUT2D eigenvalue weighted by Crippen LogP contribution is -2.17. The van der Waals surface area contributed by atoms with Gasteiger partial charge in [0, 0.05) is 10.5 Å². The molecule has 82 valence electrons. The van der Waals surface area contributed by atoms with Crippen LogP contribution in [0.15, 0.2) is 34.8 Å². The van der Waals surface area contributed by atoms with E-state index in [0.29, 0.717) is 0 Å². The van der Waals surface area contributed by atoms with Gasteiger partial charge in [-0.3, -0.25) is 0 Å². The van der Waals surface area contributed by atoms with Gasteiger partial charge in [0.2, 0.25) is 0 Å². The zero-order valence-electron chi connectivity index (χ0n) is 9.04. The molecule has 0 aromatic heterocycles. The molecule has 0 aliphatic heterocycles. The average molecular weight is 276 g/mol. The minimum Gasteiger partial charge on any atom is -0.324 e. The summed E-state index contributed by atoms with van der Waals surface area (Å²) in [6.45, 7) is 0. The number of aryl methyl sites for hydroxylation is 1. The van der Waals surface area contributed by atoms with Crippen molar-refractivity contribution in [1.82, 2.24) is 0 Å². The van der Waals surface area contributed by atoms with E-state index in [2.05, 4.69) is 46.3 Å². The van der Waals surface area contributed by atoms with Crippen LogP contribution in [-0.4, -0.2) is 0 Å². The number of fused-ring (bicyclic) bond motifs is 3. The standard InChI is InChI=1S/C14H14BrN/c15-13-8-12-10(6-3-7-14(12)16)9-4-1-2-5-11(9)13/h1-2,4-5,8,14H,3,6-7,16H2/t14-/m1/s1. The minimum atomic E-state index is 0.213. The number of hydrogen-bond acceptors (Lipinski definition) is 1. The van der Waals surface area contributed by atoms with Gasteiger partial charge in [-0.05, 0) is 47.2 Å². The summed E-state index contributed by atoms with van der Waals surface area (Å²) in [6, 6.07) is 11.0. The largest absolute Gasteiger partial charge is 0.324 e. The van der Waals surface area contributed by atoms with Gasteiger partial charge in [-0.15, -0.1) is 0 Å². The van der Waals surface area contributed by atoms with Gasteiger partial charge in [-0.25, -0.2) is 0 Å². The first-order valence-electron chi connectivity index (χ1n) is 5.73. The molecule has 2 N–H and O–H groups in total. The van der Waals surface area contributed by atoms with Crippen LogP contribution in [0, 0.1) is 0 Å². The lowest BCUT2D eigenvalue weighted by atomic mass is 9.85. The third kappa shape index (κ3) is 1.48. The van der Waals surface area contributed by atoms with Crippen LogP contribution in [0.3, 0.4) is 0 Å². The molecule has 0 radical (unpaired) electrons. The van der Waals surface area contributed by atoms with Crippen molar-refractivity contribution in [2.75, 3.05) is 0 Å². The van der Waals surface area contributed by atoms with E-state index in [1.807, 2.05) is 0 Å². The van der Waals surface area contributed by atoms with Crippen LogP contribution >= 0.6 is 15.9 Å². The van der Waals surface area contributed by atoms with Crippen LogP contribution in [0.4, 0.5) is 0 Å². The van der Waals surface area contributed by atoms with E-state index in [1.165, 1.54) is 32.8 Å². The number of halogens is 1. The number of nitrogens with two attached hydrogens (primary N) is 1. The second-order valence-electron chi connectivity index (χ2n) is 4.47. The van der Waals surface area contributed by atoms with Gasteiger partial charge < -0.3 is 5.73 Å². The molecular weight excluding hydrogens is 262 g/mol. The maximum atomic E-state index is 6.19. The first-order chi connectivity index (χ1) is 7.77. The Kier molecular flexibility index (Phi) is 2.49. The second kappa shape index (κ2) is 3.86. The fourth-order valence-electron chi connectivity index (χ4n) is 2.68. The van der Waals surface area contributed by atoms with E-state index < -0.39 is 0 Å². The molecule has 1 atom stereocenters. The van der Waals surface area contributed by atoms with E-state index in [0.717, 1.165) is 12.8 Å². The van der Waals surface area contributed by atoms with Gasteiger partial charge in [0.1, 0.15) is 0 Å². The Bertz CT molecular complexity index is 548. The van der Waals surface area contributed by atoms with Crippen LogP contribution in [0.5, 0.6) is 0 Å². The van der Waals surface area contributed by atoms with E-state index in [1.54, 1.807) is 0 Å². The maximum Gasteiger partial charge on any atom is 0.0298 e. The Morgan fingerprint density at radius 1 is 1.19 bits per heavy atom. The van der Waals surface area contributed by atoms with Gasteiger partial charge in [-0.1, -0.05) is 40.2 Å². The molecule has 0 unspecified atom stereocenters. The summed E-state index contributed by atoms with van der Waals surface area (Å²) in [5.74, 6) is 0.